The fourth-order valence-electron chi connectivity index (χ4n) is 2.91. The van der Waals surface area contributed by atoms with Gasteiger partial charge < -0.3 is 9.47 Å². The molecule has 0 saturated carbocycles. The Balaban J connectivity index is 0.00000361. The van der Waals surface area contributed by atoms with E-state index in [2.05, 4.69) is 37.2 Å². The summed E-state index contributed by atoms with van der Waals surface area (Å²) >= 11 is 0. The standard InChI is InChI=1S/C15H30NO2Si.Li/c1-13(12-19(4,5)6)9-16-14(10-17-2)7-8-15(16)11-18-3;/h12,14-15H,1,7-11H2,2-6H3;/q-1;+1/t14-,15+;. The van der Waals surface area contributed by atoms with Crippen LogP contribution in [0, 0.1) is 6.04 Å². The van der Waals surface area contributed by atoms with Gasteiger partial charge in [0.05, 0.1) is 13.2 Å². The second kappa shape index (κ2) is 9.35. The Bertz CT molecular complexity index is 280. The van der Waals surface area contributed by atoms with Crippen molar-refractivity contribution in [2.24, 2.45) is 0 Å². The smallest absolute Gasteiger partial charge is 0.383 e. The van der Waals surface area contributed by atoms with Crippen molar-refractivity contribution in [3.63, 3.8) is 0 Å². The molecule has 0 N–H and O–H groups in total. The van der Waals surface area contributed by atoms with Gasteiger partial charge in [-0.15, -0.1) is 0 Å². The van der Waals surface area contributed by atoms with Crippen molar-refractivity contribution in [1.29, 1.82) is 0 Å². The molecule has 1 aliphatic heterocycles. The Morgan fingerprint density at radius 1 is 1.15 bits per heavy atom. The summed E-state index contributed by atoms with van der Waals surface area (Å²) in [6.45, 7) is 13.9. The van der Waals surface area contributed by atoms with E-state index in [-0.39, 0.29) is 18.9 Å². The van der Waals surface area contributed by atoms with E-state index in [9.17, 15) is 0 Å². The van der Waals surface area contributed by atoms with Gasteiger partial charge in [0.2, 0.25) is 0 Å². The van der Waals surface area contributed by atoms with Crippen molar-refractivity contribution in [1.82, 2.24) is 4.90 Å². The Kier molecular flexibility index (Phi) is 9.49. The molecule has 112 valence electrons. The molecule has 0 amide bonds. The van der Waals surface area contributed by atoms with E-state index in [1.54, 1.807) is 14.2 Å². The third-order valence-corrected chi connectivity index (χ3v) is 4.79. The third kappa shape index (κ3) is 6.84. The average molecular weight is 291 g/mol. The number of ether oxygens (including phenoxy) is 2. The zero-order chi connectivity index (χ0) is 14.5. The molecular weight excluding hydrogens is 261 g/mol. The number of rotatable bonds is 8. The third-order valence-electron chi connectivity index (χ3n) is 3.51. The molecule has 1 heterocycles. The first-order valence-corrected chi connectivity index (χ1v) is 10.7. The molecular formula is C15H30LiNO2Si. The molecule has 0 bridgehead atoms. The summed E-state index contributed by atoms with van der Waals surface area (Å²) < 4.78 is 10.7. The number of hydrogen-bond acceptors (Lipinski definition) is 3. The van der Waals surface area contributed by atoms with Gasteiger partial charge >= 0.3 is 18.9 Å². The minimum absolute atomic E-state index is 0. The van der Waals surface area contributed by atoms with E-state index in [1.165, 1.54) is 18.4 Å². The molecule has 1 rings (SSSR count). The first-order valence-electron chi connectivity index (χ1n) is 7.14. The van der Waals surface area contributed by atoms with Gasteiger partial charge in [-0.25, -0.2) is 18.2 Å². The second-order valence-electron chi connectivity index (χ2n) is 6.64. The zero-order valence-electron chi connectivity index (χ0n) is 14.2. The summed E-state index contributed by atoms with van der Waals surface area (Å²) in [5.41, 5.74) is 1.25. The summed E-state index contributed by atoms with van der Waals surface area (Å²) in [4.78, 5) is 2.52. The van der Waals surface area contributed by atoms with Gasteiger partial charge in [0.1, 0.15) is 0 Å². The largest absolute Gasteiger partial charge is 1.00 e. The summed E-state index contributed by atoms with van der Waals surface area (Å²) in [6, 6.07) is 3.42. The molecule has 0 radical (unpaired) electrons. The predicted molar refractivity (Wildman–Crippen MR) is 84.1 cm³/mol. The van der Waals surface area contributed by atoms with Crippen molar-refractivity contribution in [3.8, 4) is 0 Å². The summed E-state index contributed by atoms with van der Waals surface area (Å²) in [6.07, 6.45) is 2.39. The van der Waals surface area contributed by atoms with Crippen LogP contribution in [-0.2, 0) is 9.47 Å². The van der Waals surface area contributed by atoms with E-state index in [1.807, 2.05) is 0 Å². The molecule has 3 nitrogen and oxygen atoms in total. The first kappa shape index (κ1) is 20.3. The first-order chi connectivity index (χ1) is 8.87. The maximum absolute atomic E-state index is 5.35. The van der Waals surface area contributed by atoms with Crippen molar-refractivity contribution >= 4 is 8.07 Å². The molecule has 1 fully saturated rings. The van der Waals surface area contributed by atoms with E-state index in [0.29, 0.717) is 12.1 Å². The Morgan fingerprint density at radius 2 is 1.60 bits per heavy atom. The fraction of sp³-hybridized carbons (Fsp3) is 0.800. The van der Waals surface area contributed by atoms with Gasteiger partial charge in [0, 0.05) is 26.3 Å². The zero-order valence-corrected chi connectivity index (χ0v) is 15.2. The number of hydrogen-bond donors (Lipinski definition) is 0. The number of nitrogens with zero attached hydrogens (tertiary/aromatic N) is 1. The van der Waals surface area contributed by atoms with Crippen LogP contribution in [0.25, 0.3) is 0 Å². The van der Waals surface area contributed by atoms with E-state index in [4.69, 9.17) is 9.47 Å². The molecule has 0 aliphatic carbocycles. The second-order valence-corrected chi connectivity index (χ2v) is 11.7. The Morgan fingerprint density at radius 3 is 1.95 bits per heavy atom. The van der Waals surface area contributed by atoms with Crippen LogP contribution < -0.4 is 18.9 Å². The molecule has 1 aliphatic rings. The van der Waals surface area contributed by atoms with Crippen LogP contribution in [0.3, 0.4) is 0 Å². The quantitative estimate of drug-likeness (QED) is 0.455. The minimum Gasteiger partial charge on any atom is -0.383 e. The topological polar surface area (TPSA) is 21.7 Å². The number of likely N-dealkylation sites (tertiary alicyclic amines) is 1. The molecule has 20 heavy (non-hydrogen) atoms. The van der Waals surface area contributed by atoms with Gasteiger partial charge in [-0.3, -0.25) is 4.90 Å². The molecule has 1 saturated heterocycles. The van der Waals surface area contributed by atoms with E-state index >= 15 is 0 Å². The van der Waals surface area contributed by atoms with Crippen LogP contribution in [0.2, 0.25) is 19.6 Å². The average Bonchev–Trinajstić information content (AvgIpc) is 2.61. The molecule has 0 aromatic carbocycles. The van der Waals surface area contributed by atoms with Crippen LogP contribution in [0.4, 0.5) is 0 Å². The van der Waals surface area contributed by atoms with Crippen molar-refractivity contribution in [2.45, 2.75) is 44.6 Å². The summed E-state index contributed by atoms with van der Waals surface area (Å²) in [7, 11) is 2.38. The normalized spacial score (nSPS) is 23.4. The molecule has 0 aromatic heterocycles. The Labute approximate surface area is 138 Å². The van der Waals surface area contributed by atoms with Crippen LogP contribution in [0.15, 0.2) is 12.2 Å². The molecule has 5 heteroatoms. The molecule has 0 aromatic rings. The van der Waals surface area contributed by atoms with Crippen LogP contribution >= 0.6 is 0 Å². The molecule has 2 atom stereocenters. The van der Waals surface area contributed by atoms with Crippen LogP contribution in [0.1, 0.15) is 12.8 Å². The van der Waals surface area contributed by atoms with Crippen molar-refractivity contribution in [3.05, 3.63) is 18.2 Å². The predicted octanol–water partition coefficient (Wildman–Crippen LogP) is -0.246. The Hall–Kier alpha value is 0.304. The number of methoxy groups -OCH3 is 2. The fourth-order valence-corrected chi connectivity index (χ4v) is 4.22. The SMILES string of the molecule is C=C([CH-][Si](C)(C)C)CN1[C@@H](COC)CC[C@H]1COC.[Li+]. The van der Waals surface area contributed by atoms with Crippen molar-refractivity contribution < 1.29 is 28.3 Å². The van der Waals surface area contributed by atoms with E-state index < -0.39 is 8.07 Å². The van der Waals surface area contributed by atoms with E-state index in [0.717, 1.165) is 19.8 Å². The minimum atomic E-state index is -1.19. The van der Waals surface area contributed by atoms with Crippen LogP contribution in [-0.4, -0.2) is 59.0 Å². The molecule has 0 spiro atoms. The van der Waals surface area contributed by atoms with Gasteiger partial charge in [-0.2, -0.15) is 0 Å². The maximum atomic E-state index is 5.35. The summed E-state index contributed by atoms with van der Waals surface area (Å²) in [5, 5.41) is 0. The van der Waals surface area contributed by atoms with Gasteiger partial charge in [-0.05, 0) is 27.5 Å². The van der Waals surface area contributed by atoms with Gasteiger partial charge in [-0.1, -0.05) is 19.6 Å². The maximum Gasteiger partial charge on any atom is 1.00 e. The van der Waals surface area contributed by atoms with Crippen molar-refractivity contribution in [2.75, 3.05) is 34.0 Å². The van der Waals surface area contributed by atoms with Crippen LogP contribution in [0.5, 0.6) is 0 Å². The monoisotopic (exact) mass is 291 g/mol. The molecule has 0 unspecified atom stereocenters. The summed E-state index contributed by atoms with van der Waals surface area (Å²) in [5.74, 6) is 0. The van der Waals surface area contributed by atoms with Gasteiger partial charge in [0.15, 0.2) is 0 Å². The van der Waals surface area contributed by atoms with Gasteiger partial charge in [0.25, 0.3) is 0 Å².